The van der Waals surface area contributed by atoms with Crippen molar-refractivity contribution >= 4 is 5.78 Å². The lowest BCUT2D eigenvalue weighted by Crippen LogP contribution is -2.27. The first kappa shape index (κ1) is 15.6. The molecule has 0 spiro atoms. The molecule has 0 aliphatic heterocycles. The van der Waals surface area contributed by atoms with Crippen molar-refractivity contribution in [2.45, 2.75) is 66.3 Å². The van der Waals surface area contributed by atoms with Crippen molar-refractivity contribution in [2.75, 3.05) is 0 Å². The van der Waals surface area contributed by atoms with Crippen LogP contribution >= 0.6 is 0 Å². The van der Waals surface area contributed by atoms with Crippen LogP contribution in [0.2, 0.25) is 0 Å². The number of Topliss-reactive ketones (excluding diaryl/α,β-unsaturated/α-hetero) is 1. The number of rotatable bonds is 8. The summed E-state index contributed by atoms with van der Waals surface area (Å²) in [4.78, 5) is 11.1. The quantitative estimate of drug-likeness (QED) is 0.690. The molecule has 0 aliphatic rings. The summed E-state index contributed by atoms with van der Waals surface area (Å²) < 4.78 is 0. The summed E-state index contributed by atoms with van der Waals surface area (Å²) in [6, 6.07) is 0.179. The van der Waals surface area contributed by atoms with Gasteiger partial charge in [0.2, 0.25) is 0 Å². The molecule has 0 heterocycles. The lowest BCUT2D eigenvalue weighted by molar-refractivity contribution is -0.120. The zero-order valence-corrected chi connectivity index (χ0v) is 11.6. The fourth-order valence-corrected chi connectivity index (χ4v) is 2.18. The smallest absolute Gasteiger partial charge is 0.132 e. The van der Waals surface area contributed by atoms with Crippen LogP contribution in [0.3, 0.4) is 0 Å². The predicted octanol–water partition coefficient (Wildman–Crippen LogP) is 3.39. The second-order valence-electron chi connectivity index (χ2n) is 5.60. The summed E-state index contributed by atoms with van der Waals surface area (Å²) in [5.41, 5.74) is 6.08. The van der Waals surface area contributed by atoms with Crippen molar-refractivity contribution < 1.29 is 4.79 Å². The molecule has 0 saturated heterocycles. The van der Waals surface area contributed by atoms with Gasteiger partial charge < -0.3 is 5.73 Å². The molecule has 0 aromatic heterocycles. The van der Waals surface area contributed by atoms with E-state index in [1.807, 2.05) is 6.92 Å². The normalized spacial score (nSPS) is 18.9. The molecule has 0 radical (unpaired) electrons. The molecule has 2 heteroatoms. The lowest BCUT2D eigenvalue weighted by Gasteiger charge is -2.21. The fourth-order valence-electron chi connectivity index (χ4n) is 2.18. The Kier molecular flexibility index (Phi) is 7.65. The van der Waals surface area contributed by atoms with Crippen LogP contribution in [0.1, 0.15) is 60.3 Å². The highest BCUT2D eigenvalue weighted by Crippen LogP contribution is 2.20. The maximum Gasteiger partial charge on any atom is 0.132 e. The minimum Gasteiger partial charge on any atom is -0.328 e. The van der Waals surface area contributed by atoms with Crippen LogP contribution in [0.15, 0.2) is 0 Å². The zero-order valence-electron chi connectivity index (χ0n) is 11.6. The van der Waals surface area contributed by atoms with Crippen LogP contribution in [-0.4, -0.2) is 11.8 Å². The maximum atomic E-state index is 11.1. The van der Waals surface area contributed by atoms with E-state index in [0.717, 1.165) is 18.8 Å². The Labute approximate surface area is 101 Å². The van der Waals surface area contributed by atoms with E-state index >= 15 is 0 Å². The molecule has 0 bridgehead atoms. The molecule has 0 aliphatic carbocycles. The van der Waals surface area contributed by atoms with Crippen molar-refractivity contribution in [1.29, 1.82) is 0 Å². The number of nitrogens with two attached hydrogens (primary N) is 1. The van der Waals surface area contributed by atoms with Gasteiger partial charge in [0.05, 0.1) is 0 Å². The van der Waals surface area contributed by atoms with Crippen molar-refractivity contribution in [1.82, 2.24) is 0 Å². The Bertz CT molecular complexity index is 203. The van der Waals surface area contributed by atoms with Crippen molar-refractivity contribution in [2.24, 2.45) is 23.5 Å². The van der Waals surface area contributed by atoms with E-state index in [4.69, 9.17) is 5.73 Å². The van der Waals surface area contributed by atoms with Gasteiger partial charge in [-0.2, -0.15) is 0 Å². The predicted molar refractivity (Wildman–Crippen MR) is 70.3 cm³/mol. The van der Waals surface area contributed by atoms with Crippen LogP contribution in [0.4, 0.5) is 0 Å². The molecule has 96 valence electrons. The first-order valence-corrected chi connectivity index (χ1v) is 6.62. The highest BCUT2D eigenvalue weighted by Gasteiger charge is 2.16. The number of carbonyl (C=O) groups excluding carboxylic acids is 1. The van der Waals surface area contributed by atoms with Crippen LogP contribution in [-0.2, 0) is 4.79 Å². The van der Waals surface area contributed by atoms with E-state index in [0.29, 0.717) is 5.92 Å². The maximum absolute atomic E-state index is 11.1. The topological polar surface area (TPSA) is 43.1 Å². The monoisotopic (exact) mass is 227 g/mol. The van der Waals surface area contributed by atoms with Gasteiger partial charge >= 0.3 is 0 Å². The van der Waals surface area contributed by atoms with E-state index in [-0.39, 0.29) is 17.7 Å². The van der Waals surface area contributed by atoms with E-state index in [9.17, 15) is 4.79 Å². The number of carbonyl (C=O) groups is 1. The van der Waals surface area contributed by atoms with Gasteiger partial charge in [-0.25, -0.2) is 0 Å². The molecule has 0 amide bonds. The minimum atomic E-state index is 0.116. The average Bonchev–Trinajstić information content (AvgIpc) is 2.16. The molecular formula is C14H29NO. The van der Waals surface area contributed by atoms with Gasteiger partial charge in [-0.05, 0) is 38.0 Å². The molecule has 0 rings (SSSR count). The Hall–Kier alpha value is -0.370. The molecule has 2 nitrogen and oxygen atoms in total. The van der Waals surface area contributed by atoms with Crippen LogP contribution in [0.25, 0.3) is 0 Å². The first-order chi connectivity index (χ1) is 7.36. The molecule has 4 atom stereocenters. The Morgan fingerprint density at radius 3 is 2.06 bits per heavy atom. The van der Waals surface area contributed by atoms with Crippen LogP contribution in [0, 0.1) is 17.8 Å². The molecular weight excluding hydrogens is 198 g/mol. The fraction of sp³-hybridized carbons (Fsp3) is 0.929. The standard InChI is InChI=1S/C14H29NO/c1-6-10(2)7-11(3)8-14(15)9-12(4)13(5)16/h10-12,14H,6-9,15H2,1-5H3. The van der Waals surface area contributed by atoms with Crippen molar-refractivity contribution in [3.05, 3.63) is 0 Å². The number of hydrogen-bond donors (Lipinski definition) is 1. The summed E-state index contributed by atoms with van der Waals surface area (Å²) >= 11 is 0. The third-order valence-electron chi connectivity index (χ3n) is 3.56. The summed E-state index contributed by atoms with van der Waals surface area (Å²) in [7, 11) is 0. The van der Waals surface area contributed by atoms with Crippen LogP contribution < -0.4 is 5.73 Å². The SMILES string of the molecule is CCC(C)CC(C)CC(N)CC(C)C(C)=O. The van der Waals surface area contributed by atoms with E-state index in [1.54, 1.807) is 6.92 Å². The molecule has 0 aromatic carbocycles. The van der Waals surface area contributed by atoms with Crippen molar-refractivity contribution in [3.63, 3.8) is 0 Å². The third kappa shape index (κ3) is 7.00. The summed E-state index contributed by atoms with van der Waals surface area (Å²) in [6.45, 7) is 10.4. The summed E-state index contributed by atoms with van der Waals surface area (Å²) in [6.07, 6.45) is 4.37. The number of hydrogen-bond acceptors (Lipinski definition) is 2. The van der Waals surface area contributed by atoms with Gasteiger partial charge in [0.25, 0.3) is 0 Å². The van der Waals surface area contributed by atoms with E-state index < -0.39 is 0 Å². The third-order valence-corrected chi connectivity index (χ3v) is 3.56. The van der Waals surface area contributed by atoms with Gasteiger partial charge in [0.1, 0.15) is 5.78 Å². The van der Waals surface area contributed by atoms with Crippen molar-refractivity contribution in [3.8, 4) is 0 Å². The Morgan fingerprint density at radius 1 is 1.06 bits per heavy atom. The van der Waals surface area contributed by atoms with Gasteiger partial charge in [-0.15, -0.1) is 0 Å². The number of ketones is 1. The molecule has 4 unspecified atom stereocenters. The average molecular weight is 227 g/mol. The second kappa shape index (κ2) is 7.83. The molecule has 16 heavy (non-hydrogen) atoms. The van der Waals surface area contributed by atoms with E-state index in [2.05, 4.69) is 20.8 Å². The Balaban J connectivity index is 3.86. The van der Waals surface area contributed by atoms with Gasteiger partial charge in [-0.3, -0.25) is 4.79 Å². The minimum absolute atomic E-state index is 0.116. The summed E-state index contributed by atoms with van der Waals surface area (Å²) in [5, 5.41) is 0. The molecule has 0 fully saturated rings. The van der Waals surface area contributed by atoms with Crippen LogP contribution in [0.5, 0.6) is 0 Å². The van der Waals surface area contributed by atoms with E-state index in [1.165, 1.54) is 12.8 Å². The molecule has 2 N–H and O–H groups in total. The first-order valence-electron chi connectivity index (χ1n) is 6.62. The van der Waals surface area contributed by atoms with Gasteiger partial charge in [0.15, 0.2) is 0 Å². The highest BCUT2D eigenvalue weighted by atomic mass is 16.1. The summed E-state index contributed by atoms with van der Waals surface area (Å²) in [5.74, 6) is 1.83. The molecule has 0 aromatic rings. The van der Waals surface area contributed by atoms with Gasteiger partial charge in [0, 0.05) is 12.0 Å². The second-order valence-corrected chi connectivity index (χ2v) is 5.60. The largest absolute Gasteiger partial charge is 0.328 e. The molecule has 0 saturated carbocycles. The van der Waals surface area contributed by atoms with Gasteiger partial charge in [-0.1, -0.05) is 34.1 Å². The Morgan fingerprint density at radius 2 is 1.62 bits per heavy atom. The zero-order chi connectivity index (χ0) is 12.7. The highest BCUT2D eigenvalue weighted by molar-refractivity contribution is 5.77. The lowest BCUT2D eigenvalue weighted by atomic mass is 9.87.